The van der Waals surface area contributed by atoms with E-state index in [1.165, 1.54) is 0 Å². The highest BCUT2D eigenvalue weighted by Gasteiger charge is 2.34. The van der Waals surface area contributed by atoms with Crippen LogP contribution >= 0.6 is 0 Å². The van der Waals surface area contributed by atoms with E-state index in [0.29, 0.717) is 24.5 Å². The van der Waals surface area contributed by atoms with Crippen molar-refractivity contribution < 1.29 is 14.6 Å². The minimum absolute atomic E-state index is 0.214. The SMILES string of the molecule is CC(C)c1nc(C(=O)NCC2(O)CCN(CC3CCOCC3)CC2)c2ccccn12. The Morgan fingerprint density at radius 2 is 2.03 bits per heavy atom. The number of carbonyl (C=O) groups excluding carboxylic acids is 1. The fraction of sp³-hybridized carbons (Fsp3) is 0.652. The maximum atomic E-state index is 12.9. The summed E-state index contributed by atoms with van der Waals surface area (Å²) in [5.74, 6) is 1.57. The molecule has 2 aliphatic rings. The van der Waals surface area contributed by atoms with Crippen LogP contribution in [0.1, 0.15) is 61.8 Å². The molecule has 7 nitrogen and oxygen atoms in total. The molecule has 2 aromatic heterocycles. The van der Waals surface area contributed by atoms with Gasteiger partial charge < -0.3 is 24.5 Å². The first-order valence-electron chi connectivity index (χ1n) is 11.2. The summed E-state index contributed by atoms with van der Waals surface area (Å²) in [5, 5.41) is 14.0. The molecule has 164 valence electrons. The zero-order valence-electron chi connectivity index (χ0n) is 18.1. The number of fused-ring (bicyclic) bond motifs is 1. The first kappa shape index (κ1) is 21.3. The van der Waals surface area contributed by atoms with Gasteiger partial charge in [-0.2, -0.15) is 0 Å². The predicted molar refractivity (Wildman–Crippen MR) is 116 cm³/mol. The average molecular weight is 415 g/mol. The molecule has 0 atom stereocenters. The van der Waals surface area contributed by atoms with Crippen molar-refractivity contribution in [1.82, 2.24) is 19.6 Å². The van der Waals surface area contributed by atoms with E-state index in [2.05, 4.69) is 29.0 Å². The number of amides is 1. The van der Waals surface area contributed by atoms with E-state index in [4.69, 9.17) is 4.74 Å². The highest BCUT2D eigenvalue weighted by Crippen LogP contribution is 2.25. The second kappa shape index (κ2) is 9.04. The van der Waals surface area contributed by atoms with E-state index in [1.54, 1.807) is 0 Å². The van der Waals surface area contributed by atoms with E-state index in [1.807, 2.05) is 28.8 Å². The zero-order chi connectivity index (χ0) is 21.1. The van der Waals surface area contributed by atoms with Crippen LogP contribution in [0.25, 0.3) is 5.52 Å². The topological polar surface area (TPSA) is 79.1 Å². The minimum atomic E-state index is -0.849. The second-order valence-electron chi connectivity index (χ2n) is 9.19. The van der Waals surface area contributed by atoms with Crippen LogP contribution in [0.5, 0.6) is 0 Å². The summed E-state index contributed by atoms with van der Waals surface area (Å²) in [6.07, 6.45) is 5.56. The van der Waals surface area contributed by atoms with Gasteiger partial charge in [-0.25, -0.2) is 4.98 Å². The Hall–Kier alpha value is -1.96. The van der Waals surface area contributed by atoms with E-state index in [9.17, 15) is 9.90 Å². The molecule has 2 aliphatic heterocycles. The Morgan fingerprint density at radius 3 is 2.73 bits per heavy atom. The van der Waals surface area contributed by atoms with Crippen molar-refractivity contribution in [2.45, 2.75) is 51.0 Å². The third-order valence-corrected chi connectivity index (χ3v) is 6.53. The molecule has 0 unspecified atom stereocenters. The second-order valence-corrected chi connectivity index (χ2v) is 9.19. The number of aliphatic hydroxyl groups is 1. The summed E-state index contributed by atoms with van der Waals surface area (Å²) in [5.41, 5.74) is 0.384. The van der Waals surface area contributed by atoms with Crippen molar-refractivity contribution >= 4 is 11.4 Å². The Kier molecular flexibility index (Phi) is 6.41. The Balaban J connectivity index is 1.33. The maximum absolute atomic E-state index is 12.9. The van der Waals surface area contributed by atoms with Crippen LogP contribution in [0, 0.1) is 5.92 Å². The standard InChI is InChI=1S/C23H34N4O3/c1-17(2)21-25-20(19-5-3-4-10-27(19)21)22(28)24-16-23(29)8-11-26(12-9-23)15-18-6-13-30-14-7-18/h3-5,10,17-18,29H,6-9,11-16H2,1-2H3,(H,24,28). The van der Waals surface area contributed by atoms with Crippen molar-refractivity contribution in [2.24, 2.45) is 5.92 Å². The Bertz CT molecular complexity index is 864. The monoisotopic (exact) mass is 414 g/mol. The van der Waals surface area contributed by atoms with Crippen molar-refractivity contribution in [3.05, 3.63) is 35.9 Å². The lowest BCUT2D eigenvalue weighted by Gasteiger charge is -2.40. The number of likely N-dealkylation sites (tertiary alicyclic amines) is 1. The normalized spacial score (nSPS) is 20.7. The number of ether oxygens (including phenoxy) is 1. The first-order valence-corrected chi connectivity index (χ1v) is 11.2. The van der Waals surface area contributed by atoms with Crippen molar-refractivity contribution in [3.8, 4) is 0 Å². The Labute approximate surface area is 178 Å². The summed E-state index contributed by atoms with van der Waals surface area (Å²) in [4.78, 5) is 19.9. The molecule has 4 rings (SSSR count). The van der Waals surface area contributed by atoms with Crippen LogP contribution in [0.2, 0.25) is 0 Å². The maximum Gasteiger partial charge on any atom is 0.272 e. The summed E-state index contributed by atoms with van der Waals surface area (Å²) < 4.78 is 7.42. The van der Waals surface area contributed by atoms with Crippen LogP contribution in [-0.4, -0.2) is 70.3 Å². The number of pyridine rings is 1. The summed E-state index contributed by atoms with van der Waals surface area (Å²) in [7, 11) is 0. The number of rotatable bonds is 6. The molecular formula is C23H34N4O3. The van der Waals surface area contributed by atoms with Crippen LogP contribution in [-0.2, 0) is 4.74 Å². The first-order chi connectivity index (χ1) is 14.5. The molecule has 0 aromatic carbocycles. The molecule has 0 bridgehead atoms. The lowest BCUT2D eigenvalue weighted by molar-refractivity contribution is -0.0272. The summed E-state index contributed by atoms with van der Waals surface area (Å²) >= 11 is 0. The number of imidazole rings is 1. The molecule has 0 radical (unpaired) electrons. The predicted octanol–water partition coefficient (Wildman–Crippen LogP) is 2.44. The third-order valence-electron chi connectivity index (χ3n) is 6.53. The van der Waals surface area contributed by atoms with Gasteiger partial charge in [0.2, 0.25) is 0 Å². The van der Waals surface area contributed by atoms with Crippen molar-refractivity contribution in [2.75, 3.05) is 39.4 Å². The van der Waals surface area contributed by atoms with Gasteiger partial charge >= 0.3 is 0 Å². The smallest absolute Gasteiger partial charge is 0.272 e. The van der Waals surface area contributed by atoms with Crippen LogP contribution < -0.4 is 5.32 Å². The van der Waals surface area contributed by atoms with Gasteiger partial charge in [0.25, 0.3) is 5.91 Å². The molecule has 1 amide bonds. The molecule has 2 fully saturated rings. The quantitative estimate of drug-likeness (QED) is 0.759. The van der Waals surface area contributed by atoms with Crippen LogP contribution in [0.15, 0.2) is 24.4 Å². The largest absolute Gasteiger partial charge is 0.388 e. The van der Waals surface area contributed by atoms with Crippen LogP contribution in [0.3, 0.4) is 0 Å². The highest BCUT2D eigenvalue weighted by molar-refractivity contribution is 5.99. The number of hydrogen-bond donors (Lipinski definition) is 2. The molecule has 2 saturated heterocycles. The number of hydrogen-bond acceptors (Lipinski definition) is 5. The number of nitrogens with one attached hydrogen (secondary N) is 1. The van der Waals surface area contributed by atoms with Gasteiger partial charge in [0.1, 0.15) is 5.82 Å². The third kappa shape index (κ3) is 4.68. The van der Waals surface area contributed by atoms with Gasteiger partial charge in [-0.05, 0) is 43.7 Å². The summed E-state index contributed by atoms with van der Waals surface area (Å²) in [6.45, 7) is 8.97. The van der Waals surface area contributed by atoms with Crippen molar-refractivity contribution in [3.63, 3.8) is 0 Å². The lowest BCUT2D eigenvalue weighted by Crippen LogP contribution is -2.51. The van der Waals surface area contributed by atoms with E-state index in [-0.39, 0.29) is 18.4 Å². The number of carbonyl (C=O) groups is 1. The number of nitrogens with zero attached hydrogens (tertiary/aromatic N) is 3. The Morgan fingerprint density at radius 1 is 1.30 bits per heavy atom. The number of piperidine rings is 1. The van der Waals surface area contributed by atoms with Crippen molar-refractivity contribution in [1.29, 1.82) is 0 Å². The van der Waals surface area contributed by atoms with E-state index < -0.39 is 5.60 Å². The molecule has 0 saturated carbocycles. The van der Waals surface area contributed by atoms with Crippen LogP contribution in [0.4, 0.5) is 0 Å². The zero-order valence-corrected chi connectivity index (χ0v) is 18.1. The molecule has 2 aromatic rings. The van der Waals surface area contributed by atoms with Gasteiger partial charge in [0.15, 0.2) is 5.69 Å². The van der Waals surface area contributed by atoms with Gasteiger partial charge in [0.05, 0.1) is 11.1 Å². The minimum Gasteiger partial charge on any atom is -0.388 e. The van der Waals surface area contributed by atoms with E-state index >= 15 is 0 Å². The average Bonchev–Trinajstić information content (AvgIpc) is 3.15. The number of aromatic nitrogens is 2. The van der Waals surface area contributed by atoms with Gasteiger partial charge in [-0.15, -0.1) is 0 Å². The fourth-order valence-electron chi connectivity index (χ4n) is 4.59. The lowest BCUT2D eigenvalue weighted by atomic mass is 9.90. The van der Waals surface area contributed by atoms with Gasteiger partial charge in [0, 0.05) is 51.5 Å². The van der Waals surface area contributed by atoms with Gasteiger partial charge in [-0.3, -0.25) is 4.79 Å². The molecule has 0 aliphatic carbocycles. The van der Waals surface area contributed by atoms with E-state index in [0.717, 1.165) is 57.0 Å². The molecular weight excluding hydrogens is 380 g/mol. The van der Waals surface area contributed by atoms with Gasteiger partial charge in [-0.1, -0.05) is 19.9 Å². The molecule has 0 spiro atoms. The highest BCUT2D eigenvalue weighted by atomic mass is 16.5. The molecule has 30 heavy (non-hydrogen) atoms. The fourth-order valence-corrected chi connectivity index (χ4v) is 4.59. The molecule has 4 heterocycles. The summed E-state index contributed by atoms with van der Waals surface area (Å²) in [6, 6.07) is 5.77. The molecule has 7 heteroatoms. The molecule has 2 N–H and O–H groups in total.